The van der Waals surface area contributed by atoms with Gasteiger partial charge in [0.05, 0.1) is 0 Å². The van der Waals surface area contributed by atoms with Crippen molar-refractivity contribution in [2.75, 3.05) is 14.1 Å². The quantitative estimate of drug-likeness (QED) is 0.440. The minimum Gasteiger partial charge on any atom is 0 e. The number of rotatable bonds is 5. The smallest absolute Gasteiger partial charge is 0 e. The molecule has 1 amide bonds. The molecule has 1 unspecified atom stereocenters. The van der Waals surface area contributed by atoms with Gasteiger partial charge >= 0.3 is 40.0 Å². The van der Waals surface area contributed by atoms with Crippen molar-refractivity contribution < 1.29 is 46.0 Å². The normalized spacial score (nSPS) is 9.86. The summed E-state index contributed by atoms with van der Waals surface area (Å²) in [6, 6.07) is 7.12. The van der Waals surface area contributed by atoms with Gasteiger partial charge in [0.2, 0.25) is 0 Å². The molecule has 8 nitrogen and oxygen atoms in total. The second-order valence-corrected chi connectivity index (χ2v) is 5.84. The molecule has 0 spiro atoms. The van der Waals surface area contributed by atoms with Gasteiger partial charge in [-0.15, -0.1) is 0 Å². The van der Waals surface area contributed by atoms with Crippen molar-refractivity contribution in [1.29, 1.82) is 0 Å². The summed E-state index contributed by atoms with van der Waals surface area (Å²) in [7, 11) is 3.52. The predicted octanol–water partition coefficient (Wildman–Crippen LogP) is 2.74. The van der Waals surface area contributed by atoms with Crippen LogP contribution >= 0.6 is 0 Å². The number of aliphatic hydroxyl groups is 1. The molecule has 154 valence electrons. The standard InChI is InChI=1S/C16H26N2O3.3CO.Cr/c1-11(2)18(12(3)4)16(20)21-14-10-8-7-9-13(14)15(19)17(5)6;3*1-2;/h7-12,15,19H,1-6H3;;;;. The summed E-state index contributed by atoms with van der Waals surface area (Å²) < 4.78 is 28.0. The fourth-order valence-corrected chi connectivity index (χ4v) is 2.23. The summed E-state index contributed by atoms with van der Waals surface area (Å²) in [4.78, 5) is 15.7. The topological polar surface area (TPSA) is 113 Å². The van der Waals surface area contributed by atoms with Gasteiger partial charge in [0.15, 0.2) is 0 Å². The van der Waals surface area contributed by atoms with Crippen LogP contribution in [0.4, 0.5) is 4.79 Å². The van der Waals surface area contributed by atoms with Gasteiger partial charge in [-0.25, -0.2) is 4.79 Å². The molecule has 1 rings (SSSR count). The summed E-state index contributed by atoms with van der Waals surface area (Å²) >= 11 is 0. The average Bonchev–Trinajstić information content (AvgIpc) is 2.65. The second-order valence-electron chi connectivity index (χ2n) is 5.84. The van der Waals surface area contributed by atoms with E-state index in [-0.39, 0.29) is 29.4 Å². The zero-order chi connectivity index (χ0) is 22.2. The van der Waals surface area contributed by atoms with Gasteiger partial charge in [-0.2, -0.15) is 0 Å². The molecular formula is C19H26CrN2O6. The first kappa shape index (κ1) is 33.7. The molecule has 28 heavy (non-hydrogen) atoms. The van der Waals surface area contributed by atoms with Crippen LogP contribution in [0, 0.1) is 20.0 Å². The van der Waals surface area contributed by atoms with Crippen molar-refractivity contribution >= 4 is 6.09 Å². The number of hydrogen-bond donors (Lipinski definition) is 1. The minimum atomic E-state index is -0.819. The molecule has 0 heterocycles. The van der Waals surface area contributed by atoms with Crippen molar-refractivity contribution in [3.05, 3.63) is 49.8 Å². The minimum absolute atomic E-state index is 0. The van der Waals surface area contributed by atoms with Gasteiger partial charge in [-0.05, 0) is 47.9 Å². The van der Waals surface area contributed by atoms with Crippen LogP contribution in [-0.2, 0) is 31.3 Å². The van der Waals surface area contributed by atoms with Crippen LogP contribution in [0.5, 0.6) is 5.75 Å². The molecule has 0 aliphatic heterocycles. The van der Waals surface area contributed by atoms with Gasteiger partial charge in [-0.3, -0.25) is 4.90 Å². The van der Waals surface area contributed by atoms with E-state index in [9.17, 15) is 9.90 Å². The fourth-order valence-electron chi connectivity index (χ4n) is 2.23. The number of carbonyl (C=O) groups is 1. The molecule has 0 aliphatic rings. The maximum atomic E-state index is 12.3. The Morgan fingerprint density at radius 2 is 1.36 bits per heavy atom. The van der Waals surface area contributed by atoms with Crippen LogP contribution in [0.25, 0.3) is 0 Å². The Balaban J connectivity index is -0.000000374. The molecule has 9 heteroatoms. The summed E-state index contributed by atoms with van der Waals surface area (Å²) in [5.74, 6) is 0.384. The third kappa shape index (κ3) is 11.8. The Morgan fingerprint density at radius 1 is 0.964 bits per heavy atom. The van der Waals surface area contributed by atoms with E-state index in [0.29, 0.717) is 11.3 Å². The predicted molar refractivity (Wildman–Crippen MR) is 95.0 cm³/mol. The van der Waals surface area contributed by atoms with E-state index in [4.69, 9.17) is 18.7 Å². The summed E-state index contributed by atoms with van der Waals surface area (Å²) in [6.07, 6.45) is -1.22. The SMILES string of the molecule is CC(C)N(C(=O)Oc1ccccc1C(O)N(C)C)C(C)C.[C-]#[O+].[C-]#[O+].[C-]#[O+].[Cr]. The number of carbonyl (C=O) groups excluding carboxylic acids is 1. The van der Waals surface area contributed by atoms with E-state index in [1.165, 1.54) is 0 Å². The molecule has 1 N–H and O–H groups in total. The van der Waals surface area contributed by atoms with E-state index < -0.39 is 12.3 Å². The van der Waals surface area contributed by atoms with Gasteiger partial charge in [0, 0.05) is 35.0 Å². The molecule has 0 aliphatic carbocycles. The maximum Gasteiger partial charge on any atom is 0 e. The van der Waals surface area contributed by atoms with Gasteiger partial charge in [0.1, 0.15) is 12.0 Å². The number of nitrogens with zero attached hydrogens (tertiary/aromatic N) is 2. The Bertz CT molecular complexity index is 577. The number of aliphatic hydroxyl groups excluding tert-OH is 1. The first-order chi connectivity index (χ1) is 12.8. The molecule has 0 saturated carbocycles. The number of benzene rings is 1. The largest absolute Gasteiger partial charge is 0 e. The summed E-state index contributed by atoms with van der Waals surface area (Å²) in [5, 5.41) is 10.2. The molecule has 0 bridgehead atoms. The molecule has 1 aromatic rings. The van der Waals surface area contributed by atoms with E-state index >= 15 is 0 Å². The zero-order valence-electron chi connectivity index (χ0n) is 16.8. The molecule has 1 aromatic carbocycles. The third-order valence-electron chi connectivity index (χ3n) is 3.21. The van der Waals surface area contributed by atoms with Gasteiger partial charge in [0.25, 0.3) is 0 Å². The second kappa shape index (κ2) is 19.9. The van der Waals surface area contributed by atoms with E-state index in [0.717, 1.165) is 0 Å². The Kier molecular flexibility index (Phi) is 24.0. The van der Waals surface area contributed by atoms with Crippen LogP contribution in [0.15, 0.2) is 24.3 Å². The van der Waals surface area contributed by atoms with Gasteiger partial charge < -0.3 is 14.7 Å². The van der Waals surface area contributed by atoms with Crippen molar-refractivity contribution in [2.24, 2.45) is 0 Å². The van der Waals surface area contributed by atoms with Crippen molar-refractivity contribution in [1.82, 2.24) is 9.80 Å². The van der Waals surface area contributed by atoms with Gasteiger partial charge in [-0.1, -0.05) is 18.2 Å². The zero-order valence-corrected chi connectivity index (χ0v) is 18.1. The van der Waals surface area contributed by atoms with Crippen molar-refractivity contribution in [3.63, 3.8) is 0 Å². The Labute approximate surface area is 177 Å². The van der Waals surface area contributed by atoms with E-state index in [1.54, 1.807) is 42.1 Å². The molecular weight excluding hydrogens is 404 g/mol. The first-order valence-electron chi connectivity index (χ1n) is 7.80. The molecule has 1 atom stereocenters. The molecule has 0 fully saturated rings. The van der Waals surface area contributed by atoms with E-state index in [2.05, 4.69) is 20.0 Å². The first-order valence-corrected chi connectivity index (χ1v) is 7.80. The van der Waals surface area contributed by atoms with Crippen LogP contribution < -0.4 is 4.74 Å². The monoisotopic (exact) mass is 430 g/mol. The summed E-state index contributed by atoms with van der Waals surface area (Å²) in [6.45, 7) is 21.3. The number of hydrogen-bond acceptors (Lipinski definition) is 4. The van der Waals surface area contributed by atoms with Crippen LogP contribution in [0.1, 0.15) is 39.5 Å². The summed E-state index contributed by atoms with van der Waals surface area (Å²) in [5.41, 5.74) is 0.573. The number of amides is 1. The van der Waals surface area contributed by atoms with Crippen molar-refractivity contribution in [3.8, 4) is 5.75 Å². The Morgan fingerprint density at radius 3 is 1.71 bits per heavy atom. The third-order valence-corrected chi connectivity index (χ3v) is 3.21. The molecule has 0 radical (unpaired) electrons. The number of para-hydroxylation sites is 1. The maximum absolute atomic E-state index is 12.3. The van der Waals surface area contributed by atoms with Crippen LogP contribution in [-0.4, -0.2) is 47.2 Å². The Hall–Kier alpha value is -1.84. The average molecular weight is 430 g/mol. The van der Waals surface area contributed by atoms with Crippen LogP contribution in [0.2, 0.25) is 0 Å². The number of ether oxygens (including phenoxy) is 1. The molecule has 0 saturated heterocycles. The van der Waals surface area contributed by atoms with Crippen molar-refractivity contribution in [2.45, 2.75) is 46.0 Å². The molecule has 0 aromatic heterocycles. The fraction of sp³-hybridized carbons (Fsp3) is 0.474. The van der Waals surface area contributed by atoms with E-state index in [1.807, 2.05) is 33.8 Å². The van der Waals surface area contributed by atoms with Crippen LogP contribution in [0.3, 0.4) is 0 Å².